The van der Waals surface area contributed by atoms with Crippen LogP contribution in [0, 0.1) is 25.2 Å². The van der Waals surface area contributed by atoms with Gasteiger partial charge in [0.25, 0.3) is 0 Å². The molecule has 0 saturated heterocycles. The van der Waals surface area contributed by atoms with Gasteiger partial charge in [0.2, 0.25) is 5.78 Å². The fourth-order valence-corrected chi connectivity index (χ4v) is 3.54. The molecule has 3 rings (SSSR count). The van der Waals surface area contributed by atoms with Gasteiger partial charge in [-0.25, -0.2) is 0 Å². The summed E-state index contributed by atoms with van der Waals surface area (Å²) in [7, 11) is 3.16. The highest BCUT2D eigenvalue weighted by Gasteiger charge is 2.17. The number of carbonyl (C=O) groups excluding carboxylic acids is 1. The molecule has 0 radical (unpaired) electrons. The predicted octanol–water partition coefficient (Wildman–Crippen LogP) is 4.50. The molecule has 0 aliphatic carbocycles. The summed E-state index contributed by atoms with van der Waals surface area (Å²) in [4.78, 5) is 12.8. The average Bonchev–Trinajstić information content (AvgIpc) is 3.09. The zero-order valence-corrected chi connectivity index (χ0v) is 18.3. The Kier molecular flexibility index (Phi) is 6.99. The molecule has 31 heavy (non-hydrogen) atoms. The number of nitriles is 1. The molecule has 0 N–H and O–H groups in total. The normalized spacial score (nSPS) is 10.4. The molecule has 0 saturated carbocycles. The second-order valence-electron chi connectivity index (χ2n) is 7.22. The fraction of sp³-hybridized carbons (Fsp3) is 0.280. The Balaban J connectivity index is 1.68. The molecule has 0 aliphatic rings. The van der Waals surface area contributed by atoms with Crippen molar-refractivity contribution < 1.29 is 19.0 Å². The first-order valence-electron chi connectivity index (χ1n) is 10.0. The van der Waals surface area contributed by atoms with Crippen LogP contribution in [0.25, 0.3) is 0 Å². The lowest BCUT2D eigenvalue weighted by Crippen LogP contribution is -2.13. The molecule has 6 heteroatoms. The molecule has 0 atom stereocenters. The Morgan fingerprint density at radius 3 is 2.39 bits per heavy atom. The standard InChI is InChI=1S/C25H26N2O4/c1-17-13-22(18(2)27(17)12-11-19-5-8-21(29-3)9-6-19)23(28)16-31-24-10-7-20(15-26)14-25(24)30-4/h5-10,13-14H,11-12,16H2,1-4H3. The van der Waals surface area contributed by atoms with E-state index in [0.29, 0.717) is 22.6 Å². The summed E-state index contributed by atoms with van der Waals surface area (Å²) in [5.41, 5.74) is 4.28. The maximum Gasteiger partial charge on any atom is 0.202 e. The molecule has 0 amide bonds. The Labute approximate surface area is 182 Å². The highest BCUT2D eigenvalue weighted by Crippen LogP contribution is 2.28. The number of methoxy groups -OCH3 is 2. The van der Waals surface area contributed by atoms with Crippen LogP contribution in [0.3, 0.4) is 0 Å². The summed E-state index contributed by atoms with van der Waals surface area (Å²) in [5, 5.41) is 9.01. The molecule has 1 aromatic heterocycles. The molecule has 2 aromatic carbocycles. The van der Waals surface area contributed by atoms with Crippen molar-refractivity contribution in [2.75, 3.05) is 20.8 Å². The predicted molar refractivity (Wildman–Crippen MR) is 118 cm³/mol. The number of hydrogen-bond donors (Lipinski definition) is 0. The first-order valence-corrected chi connectivity index (χ1v) is 10.0. The van der Waals surface area contributed by atoms with E-state index < -0.39 is 0 Å². The first kappa shape index (κ1) is 22.0. The minimum atomic E-state index is -0.106. The van der Waals surface area contributed by atoms with E-state index in [-0.39, 0.29) is 12.4 Å². The molecule has 0 bridgehead atoms. The lowest BCUT2D eigenvalue weighted by Gasteiger charge is -2.11. The topological polar surface area (TPSA) is 73.5 Å². The van der Waals surface area contributed by atoms with Gasteiger partial charge in [0.15, 0.2) is 18.1 Å². The smallest absolute Gasteiger partial charge is 0.202 e. The zero-order valence-electron chi connectivity index (χ0n) is 18.3. The van der Waals surface area contributed by atoms with Crippen molar-refractivity contribution in [2.45, 2.75) is 26.8 Å². The summed E-state index contributed by atoms with van der Waals surface area (Å²) in [6, 6.07) is 16.8. The van der Waals surface area contributed by atoms with Gasteiger partial charge in [-0.3, -0.25) is 4.79 Å². The second kappa shape index (κ2) is 9.86. The first-order chi connectivity index (χ1) is 15.0. The van der Waals surface area contributed by atoms with Gasteiger partial charge in [-0.05, 0) is 56.2 Å². The van der Waals surface area contributed by atoms with E-state index in [0.717, 1.165) is 30.1 Å². The number of aryl methyl sites for hydroxylation is 2. The van der Waals surface area contributed by atoms with Crippen molar-refractivity contribution in [2.24, 2.45) is 0 Å². The number of ketones is 1. The highest BCUT2D eigenvalue weighted by atomic mass is 16.5. The van der Waals surface area contributed by atoms with Crippen molar-refractivity contribution in [3.05, 3.63) is 76.6 Å². The van der Waals surface area contributed by atoms with Crippen LogP contribution in [0.15, 0.2) is 48.5 Å². The third-order valence-electron chi connectivity index (χ3n) is 5.31. The third-order valence-corrected chi connectivity index (χ3v) is 5.31. The van der Waals surface area contributed by atoms with E-state index in [1.165, 1.54) is 12.7 Å². The number of Topliss-reactive ketones (excluding diaryl/α,β-unsaturated/α-hetero) is 1. The molecule has 160 valence electrons. The maximum absolute atomic E-state index is 12.8. The summed E-state index contributed by atoms with van der Waals surface area (Å²) < 4.78 is 18.3. The van der Waals surface area contributed by atoms with E-state index in [1.807, 2.05) is 32.0 Å². The third kappa shape index (κ3) is 5.07. The lowest BCUT2D eigenvalue weighted by atomic mass is 10.1. The number of rotatable bonds is 9. The molecular formula is C25H26N2O4. The molecule has 1 heterocycles. The minimum absolute atomic E-state index is 0.102. The summed E-state index contributed by atoms with van der Waals surface area (Å²) in [5.74, 6) is 1.60. The van der Waals surface area contributed by atoms with Crippen LogP contribution >= 0.6 is 0 Å². The van der Waals surface area contributed by atoms with Crippen LogP contribution in [0.4, 0.5) is 0 Å². The SMILES string of the molecule is COc1ccc(CCn2c(C)cc(C(=O)COc3ccc(C#N)cc3OC)c2C)cc1. The van der Waals surface area contributed by atoms with Crippen molar-refractivity contribution in [1.29, 1.82) is 5.26 Å². The van der Waals surface area contributed by atoms with Gasteiger partial charge in [0.1, 0.15) is 5.75 Å². The number of nitrogens with zero attached hydrogens (tertiary/aromatic N) is 2. The zero-order chi connectivity index (χ0) is 22.4. The Hall–Kier alpha value is -3.72. The number of carbonyl (C=O) groups is 1. The number of ether oxygens (including phenoxy) is 3. The number of benzene rings is 2. The van der Waals surface area contributed by atoms with E-state index in [1.54, 1.807) is 25.3 Å². The van der Waals surface area contributed by atoms with Crippen LogP contribution in [0.1, 0.15) is 32.9 Å². The van der Waals surface area contributed by atoms with Crippen LogP contribution < -0.4 is 14.2 Å². The largest absolute Gasteiger partial charge is 0.497 e. The molecule has 0 fully saturated rings. The van der Waals surface area contributed by atoms with Gasteiger partial charge < -0.3 is 18.8 Å². The lowest BCUT2D eigenvalue weighted by molar-refractivity contribution is 0.0918. The van der Waals surface area contributed by atoms with Crippen LogP contribution in [0.2, 0.25) is 0 Å². The van der Waals surface area contributed by atoms with Crippen LogP contribution in [-0.4, -0.2) is 31.2 Å². The number of hydrogen-bond acceptors (Lipinski definition) is 5. The monoisotopic (exact) mass is 418 g/mol. The number of aromatic nitrogens is 1. The van der Waals surface area contributed by atoms with Gasteiger partial charge in [-0.2, -0.15) is 5.26 Å². The molecule has 6 nitrogen and oxygen atoms in total. The van der Waals surface area contributed by atoms with E-state index >= 15 is 0 Å². The summed E-state index contributed by atoms with van der Waals surface area (Å²) in [6.45, 7) is 4.63. The maximum atomic E-state index is 12.8. The molecule has 3 aromatic rings. The highest BCUT2D eigenvalue weighted by molar-refractivity contribution is 5.98. The van der Waals surface area contributed by atoms with Crippen molar-refractivity contribution in [1.82, 2.24) is 4.57 Å². The minimum Gasteiger partial charge on any atom is -0.497 e. The quantitative estimate of drug-likeness (QED) is 0.479. The van der Waals surface area contributed by atoms with Gasteiger partial charge in [-0.1, -0.05) is 12.1 Å². The second-order valence-corrected chi connectivity index (χ2v) is 7.22. The molecule has 0 spiro atoms. The Bertz CT molecular complexity index is 1110. The van der Waals surface area contributed by atoms with Gasteiger partial charge in [0.05, 0.1) is 25.9 Å². The summed E-state index contributed by atoms with van der Waals surface area (Å²) >= 11 is 0. The Morgan fingerprint density at radius 2 is 1.74 bits per heavy atom. The van der Waals surface area contributed by atoms with Crippen molar-refractivity contribution in [3.63, 3.8) is 0 Å². The van der Waals surface area contributed by atoms with Gasteiger partial charge >= 0.3 is 0 Å². The average molecular weight is 418 g/mol. The van der Waals surface area contributed by atoms with E-state index in [4.69, 9.17) is 19.5 Å². The molecule has 0 aliphatic heterocycles. The van der Waals surface area contributed by atoms with Crippen LogP contribution in [0.5, 0.6) is 17.2 Å². The van der Waals surface area contributed by atoms with E-state index in [2.05, 4.69) is 22.8 Å². The van der Waals surface area contributed by atoms with Crippen LogP contribution in [-0.2, 0) is 13.0 Å². The van der Waals surface area contributed by atoms with Crippen molar-refractivity contribution in [3.8, 4) is 23.3 Å². The fourth-order valence-electron chi connectivity index (χ4n) is 3.54. The molecular weight excluding hydrogens is 392 g/mol. The van der Waals surface area contributed by atoms with Gasteiger partial charge in [-0.15, -0.1) is 0 Å². The van der Waals surface area contributed by atoms with Gasteiger partial charge in [0, 0.05) is 29.6 Å². The Morgan fingerprint density at radius 1 is 1.00 bits per heavy atom. The molecule has 0 unspecified atom stereocenters. The summed E-state index contributed by atoms with van der Waals surface area (Å²) in [6.07, 6.45) is 0.854. The van der Waals surface area contributed by atoms with Crippen molar-refractivity contribution >= 4 is 5.78 Å². The van der Waals surface area contributed by atoms with E-state index in [9.17, 15) is 4.79 Å².